The minimum Gasteiger partial charge on any atom is -0.497 e. The second kappa shape index (κ2) is 7.49. The summed E-state index contributed by atoms with van der Waals surface area (Å²) < 4.78 is 6.87. The molecule has 2 aromatic heterocycles. The van der Waals surface area contributed by atoms with Crippen LogP contribution in [0.4, 0.5) is 5.69 Å². The van der Waals surface area contributed by atoms with Gasteiger partial charge in [-0.05, 0) is 42.5 Å². The number of pyridine rings is 1. The number of anilines is 1. The van der Waals surface area contributed by atoms with Crippen molar-refractivity contribution in [2.45, 2.75) is 0 Å². The van der Waals surface area contributed by atoms with E-state index in [1.807, 2.05) is 53.6 Å². The van der Waals surface area contributed by atoms with E-state index in [2.05, 4.69) is 15.0 Å². The van der Waals surface area contributed by atoms with E-state index in [1.165, 1.54) is 0 Å². The zero-order valence-corrected chi connectivity index (χ0v) is 15.2. The van der Waals surface area contributed by atoms with Crippen molar-refractivity contribution >= 4 is 11.6 Å². The Morgan fingerprint density at radius 1 is 1.04 bits per heavy atom. The third-order valence-corrected chi connectivity index (χ3v) is 4.74. The van der Waals surface area contributed by atoms with Gasteiger partial charge in [-0.3, -0.25) is 4.79 Å². The molecule has 1 aliphatic rings. The van der Waals surface area contributed by atoms with Crippen LogP contribution in [-0.2, 0) is 0 Å². The number of aromatic nitrogens is 3. The molecule has 0 unspecified atom stereocenters. The minimum absolute atomic E-state index is 0.0175. The molecule has 0 radical (unpaired) electrons. The molecule has 0 spiro atoms. The fraction of sp³-hybridized carbons (Fsp3) is 0.250. The Morgan fingerprint density at radius 2 is 1.81 bits per heavy atom. The summed E-state index contributed by atoms with van der Waals surface area (Å²) in [5, 5.41) is 4.14. The Labute approximate surface area is 157 Å². The molecule has 0 saturated carbocycles. The summed E-state index contributed by atoms with van der Waals surface area (Å²) in [4.78, 5) is 21.3. The van der Waals surface area contributed by atoms with Crippen molar-refractivity contribution in [1.82, 2.24) is 19.7 Å². The Balaban J connectivity index is 1.38. The first-order valence-corrected chi connectivity index (χ1v) is 8.89. The highest BCUT2D eigenvalue weighted by Crippen LogP contribution is 2.21. The van der Waals surface area contributed by atoms with Gasteiger partial charge in [0.05, 0.1) is 12.7 Å². The maximum Gasteiger partial charge on any atom is 0.255 e. The van der Waals surface area contributed by atoms with Crippen molar-refractivity contribution < 1.29 is 9.53 Å². The molecule has 1 saturated heterocycles. The first kappa shape index (κ1) is 17.1. The van der Waals surface area contributed by atoms with Gasteiger partial charge in [0.1, 0.15) is 5.75 Å². The van der Waals surface area contributed by atoms with E-state index in [0.717, 1.165) is 24.5 Å². The van der Waals surface area contributed by atoms with Gasteiger partial charge in [0, 0.05) is 50.5 Å². The van der Waals surface area contributed by atoms with Crippen LogP contribution in [0.1, 0.15) is 10.4 Å². The molecular formula is C20H21N5O2. The van der Waals surface area contributed by atoms with E-state index in [-0.39, 0.29) is 5.91 Å². The predicted molar refractivity (Wildman–Crippen MR) is 102 cm³/mol. The van der Waals surface area contributed by atoms with Gasteiger partial charge in [-0.1, -0.05) is 0 Å². The van der Waals surface area contributed by atoms with Crippen LogP contribution in [0.2, 0.25) is 0 Å². The van der Waals surface area contributed by atoms with Gasteiger partial charge in [0.25, 0.3) is 5.91 Å². The fourth-order valence-electron chi connectivity index (χ4n) is 3.20. The molecule has 0 aliphatic carbocycles. The van der Waals surface area contributed by atoms with E-state index in [0.29, 0.717) is 24.5 Å². The highest BCUT2D eigenvalue weighted by molar-refractivity contribution is 5.94. The van der Waals surface area contributed by atoms with E-state index in [4.69, 9.17) is 4.74 Å². The molecule has 3 aromatic rings. The minimum atomic E-state index is 0.0175. The monoisotopic (exact) mass is 363 g/mol. The van der Waals surface area contributed by atoms with Crippen molar-refractivity contribution in [3.8, 4) is 11.6 Å². The molecule has 0 N–H and O–H groups in total. The van der Waals surface area contributed by atoms with E-state index >= 15 is 0 Å². The first-order chi connectivity index (χ1) is 13.2. The lowest BCUT2D eigenvalue weighted by molar-refractivity contribution is 0.0746. The number of benzene rings is 1. The average molecular weight is 363 g/mol. The third-order valence-electron chi connectivity index (χ3n) is 4.74. The third kappa shape index (κ3) is 3.62. The summed E-state index contributed by atoms with van der Waals surface area (Å²) in [6, 6.07) is 13.5. The standard InChI is InChI=1S/C20H21N5O2/c1-27-18-6-4-17(5-7-18)23-11-13-24(14-12-23)20(26)16-3-8-19(21-15-16)25-10-2-9-22-25/h2-10,15H,11-14H2,1H3. The van der Waals surface area contributed by atoms with Crippen molar-refractivity contribution in [3.05, 3.63) is 66.6 Å². The maximum atomic E-state index is 12.8. The lowest BCUT2D eigenvalue weighted by Gasteiger charge is -2.36. The molecule has 3 heterocycles. The summed E-state index contributed by atoms with van der Waals surface area (Å²) in [6.45, 7) is 2.98. The van der Waals surface area contributed by atoms with Crippen molar-refractivity contribution in [2.24, 2.45) is 0 Å². The van der Waals surface area contributed by atoms with Crippen molar-refractivity contribution in [2.75, 3.05) is 38.2 Å². The van der Waals surface area contributed by atoms with Gasteiger partial charge in [-0.25, -0.2) is 9.67 Å². The van der Waals surface area contributed by atoms with Crippen LogP contribution >= 0.6 is 0 Å². The number of piperazine rings is 1. The zero-order valence-electron chi connectivity index (χ0n) is 15.2. The van der Waals surface area contributed by atoms with E-state index in [1.54, 1.807) is 24.2 Å². The Kier molecular flexibility index (Phi) is 4.74. The molecule has 4 rings (SSSR count). The molecule has 1 amide bonds. The summed E-state index contributed by atoms with van der Waals surface area (Å²) in [5.41, 5.74) is 1.75. The van der Waals surface area contributed by atoms with Crippen LogP contribution in [-0.4, -0.2) is 58.9 Å². The smallest absolute Gasteiger partial charge is 0.255 e. The maximum absolute atomic E-state index is 12.8. The van der Waals surface area contributed by atoms with Crippen molar-refractivity contribution in [1.29, 1.82) is 0 Å². The molecular weight excluding hydrogens is 342 g/mol. The largest absolute Gasteiger partial charge is 0.497 e. The van der Waals surface area contributed by atoms with E-state index < -0.39 is 0 Å². The van der Waals surface area contributed by atoms with Gasteiger partial charge >= 0.3 is 0 Å². The number of nitrogens with zero attached hydrogens (tertiary/aromatic N) is 5. The summed E-state index contributed by atoms with van der Waals surface area (Å²) >= 11 is 0. The molecule has 27 heavy (non-hydrogen) atoms. The number of ether oxygens (including phenoxy) is 1. The first-order valence-electron chi connectivity index (χ1n) is 8.89. The molecule has 1 aliphatic heterocycles. The zero-order chi connectivity index (χ0) is 18.6. The van der Waals surface area contributed by atoms with Crippen LogP contribution < -0.4 is 9.64 Å². The number of carbonyl (C=O) groups is 1. The molecule has 7 heteroatoms. The fourth-order valence-corrected chi connectivity index (χ4v) is 3.20. The summed E-state index contributed by atoms with van der Waals surface area (Å²) in [5.74, 6) is 1.56. The second-order valence-corrected chi connectivity index (χ2v) is 6.33. The predicted octanol–water partition coefficient (Wildman–Crippen LogP) is 2.24. The Bertz CT molecular complexity index is 883. The van der Waals surface area contributed by atoms with Gasteiger partial charge in [0.2, 0.25) is 0 Å². The molecule has 0 bridgehead atoms. The van der Waals surface area contributed by atoms with Crippen LogP contribution in [0.15, 0.2) is 61.1 Å². The topological polar surface area (TPSA) is 63.5 Å². The summed E-state index contributed by atoms with van der Waals surface area (Å²) in [6.07, 6.45) is 5.14. The SMILES string of the molecule is COc1ccc(N2CCN(C(=O)c3ccc(-n4cccn4)nc3)CC2)cc1. The molecule has 0 atom stereocenters. The van der Waals surface area contributed by atoms with Crippen LogP contribution in [0, 0.1) is 0 Å². The van der Waals surface area contributed by atoms with Crippen molar-refractivity contribution in [3.63, 3.8) is 0 Å². The van der Waals surface area contributed by atoms with Gasteiger partial charge in [-0.2, -0.15) is 5.10 Å². The quantitative estimate of drug-likeness (QED) is 0.711. The number of methoxy groups -OCH3 is 1. The molecule has 1 fully saturated rings. The molecule has 7 nitrogen and oxygen atoms in total. The lowest BCUT2D eigenvalue weighted by Crippen LogP contribution is -2.48. The van der Waals surface area contributed by atoms with Crippen LogP contribution in [0.25, 0.3) is 5.82 Å². The van der Waals surface area contributed by atoms with Crippen LogP contribution in [0.3, 0.4) is 0 Å². The average Bonchev–Trinajstić information content (AvgIpc) is 3.28. The Hall–Kier alpha value is -3.35. The number of amides is 1. The highest BCUT2D eigenvalue weighted by atomic mass is 16.5. The van der Waals surface area contributed by atoms with Crippen LogP contribution in [0.5, 0.6) is 5.75 Å². The number of carbonyl (C=O) groups excluding carboxylic acids is 1. The highest BCUT2D eigenvalue weighted by Gasteiger charge is 2.22. The van der Waals surface area contributed by atoms with Gasteiger partial charge in [0.15, 0.2) is 5.82 Å². The second-order valence-electron chi connectivity index (χ2n) is 6.33. The normalized spacial score (nSPS) is 14.3. The number of hydrogen-bond donors (Lipinski definition) is 0. The van der Waals surface area contributed by atoms with Gasteiger partial charge in [-0.15, -0.1) is 0 Å². The van der Waals surface area contributed by atoms with E-state index in [9.17, 15) is 4.79 Å². The number of hydrogen-bond acceptors (Lipinski definition) is 5. The lowest BCUT2D eigenvalue weighted by atomic mass is 10.2. The summed E-state index contributed by atoms with van der Waals surface area (Å²) in [7, 11) is 1.66. The number of rotatable bonds is 4. The Morgan fingerprint density at radius 3 is 2.41 bits per heavy atom. The van der Waals surface area contributed by atoms with Gasteiger partial charge < -0.3 is 14.5 Å². The molecule has 1 aromatic carbocycles. The molecule has 138 valence electrons.